The molecular weight excluding hydrogens is 332 g/mol. The molecule has 0 saturated heterocycles. The van der Waals surface area contributed by atoms with E-state index in [0.29, 0.717) is 10.6 Å². The summed E-state index contributed by atoms with van der Waals surface area (Å²) < 4.78 is 3.59. The number of nitrogens with zero attached hydrogens (tertiary/aromatic N) is 5. The quantitative estimate of drug-likeness (QED) is 0.718. The highest BCUT2D eigenvalue weighted by Gasteiger charge is 2.16. The van der Waals surface area contributed by atoms with Crippen LogP contribution < -0.4 is 16.6 Å². The molecule has 3 aromatic heterocycles. The maximum absolute atomic E-state index is 12.3. The summed E-state index contributed by atoms with van der Waals surface area (Å²) in [4.78, 5) is 40.4. The number of nitrogens with one attached hydrogen (secondary N) is 1. The number of aryl methyl sites for hydroxylation is 1. The van der Waals surface area contributed by atoms with Crippen LogP contribution in [-0.4, -0.2) is 24.6 Å². The molecule has 10 heteroatoms. The van der Waals surface area contributed by atoms with Crippen LogP contribution in [0.15, 0.2) is 27.4 Å². The van der Waals surface area contributed by atoms with Crippen molar-refractivity contribution in [1.29, 1.82) is 5.26 Å². The lowest BCUT2D eigenvalue weighted by Crippen LogP contribution is -2.37. The largest absolute Gasteiger partial charge is 0.332 e. The molecule has 1 amide bonds. The third-order valence-electron chi connectivity index (χ3n) is 3.57. The van der Waals surface area contributed by atoms with Crippen molar-refractivity contribution in [3.8, 4) is 6.07 Å². The van der Waals surface area contributed by atoms with Gasteiger partial charge in [-0.2, -0.15) is 5.26 Å². The van der Waals surface area contributed by atoms with Gasteiger partial charge in [0.25, 0.3) is 5.56 Å². The molecule has 0 aliphatic heterocycles. The molecule has 1 N–H and O–H groups in total. The maximum atomic E-state index is 12.3. The van der Waals surface area contributed by atoms with Gasteiger partial charge in [0.2, 0.25) is 5.91 Å². The van der Waals surface area contributed by atoms with Gasteiger partial charge in [-0.15, -0.1) is 11.3 Å². The Labute approximate surface area is 139 Å². The summed E-state index contributed by atoms with van der Waals surface area (Å²) in [7, 11) is 2.87. The van der Waals surface area contributed by atoms with E-state index >= 15 is 0 Å². The number of imidazole rings is 1. The average Bonchev–Trinajstić information content (AvgIpc) is 3.17. The molecule has 0 radical (unpaired) electrons. The SMILES string of the molecule is Cn1c(=O)c2c(ncn2CC(=O)Nc2sccc2C#N)n(C)c1=O. The van der Waals surface area contributed by atoms with E-state index in [2.05, 4.69) is 10.3 Å². The zero-order valence-corrected chi connectivity index (χ0v) is 13.6. The number of rotatable bonds is 3. The molecule has 0 saturated carbocycles. The molecule has 0 aliphatic rings. The fourth-order valence-electron chi connectivity index (χ4n) is 2.33. The standard InChI is InChI=1S/C14H12N6O3S/c1-18-11-10(13(22)19(2)14(18)23)20(7-16-11)6-9(21)17-12-8(5-15)3-4-24-12/h3-4,7H,6H2,1-2H3,(H,17,21). The topological polar surface area (TPSA) is 115 Å². The van der Waals surface area contributed by atoms with Crippen molar-refractivity contribution in [3.05, 3.63) is 44.2 Å². The van der Waals surface area contributed by atoms with Crippen molar-refractivity contribution < 1.29 is 4.79 Å². The van der Waals surface area contributed by atoms with Crippen LogP contribution in [0.2, 0.25) is 0 Å². The summed E-state index contributed by atoms with van der Waals surface area (Å²) in [6, 6.07) is 3.59. The second-order valence-electron chi connectivity index (χ2n) is 5.07. The van der Waals surface area contributed by atoms with E-state index in [1.54, 1.807) is 11.4 Å². The lowest BCUT2D eigenvalue weighted by molar-refractivity contribution is -0.116. The Kier molecular flexibility index (Phi) is 3.78. The summed E-state index contributed by atoms with van der Waals surface area (Å²) in [5.74, 6) is -0.399. The van der Waals surface area contributed by atoms with Crippen LogP contribution in [0.5, 0.6) is 0 Å². The third kappa shape index (κ3) is 2.40. The van der Waals surface area contributed by atoms with Crippen LogP contribution in [0.3, 0.4) is 0 Å². The van der Waals surface area contributed by atoms with Gasteiger partial charge in [-0.1, -0.05) is 0 Å². The van der Waals surface area contributed by atoms with Crippen molar-refractivity contribution in [2.45, 2.75) is 6.54 Å². The predicted molar refractivity (Wildman–Crippen MR) is 87.9 cm³/mol. The molecule has 0 bridgehead atoms. The minimum Gasteiger partial charge on any atom is -0.315 e. The first-order valence-electron chi connectivity index (χ1n) is 6.82. The predicted octanol–water partition coefficient (Wildman–Crippen LogP) is 0.00558. The minimum atomic E-state index is -0.521. The number of fused-ring (bicyclic) bond motifs is 1. The van der Waals surface area contributed by atoms with E-state index in [0.717, 1.165) is 4.57 Å². The lowest BCUT2D eigenvalue weighted by Gasteiger charge is -2.07. The van der Waals surface area contributed by atoms with E-state index in [-0.39, 0.29) is 17.7 Å². The molecule has 3 rings (SSSR count). The van der Waals surface area contributed by atoms with E-state index in [9.17, 15) is 14.4 Å². The number of aromatic nitrogens is 4. The lowest BCUT2D eigenvalue weighted by atomic mass is 10.3. The molecule has 0 atom stereocenters. The van der Waals surface area contributed by atoms with Gasteiger partial charge in [0.15, 0.2) is 11.2 Å². The van der Waals surface area contributed by atoms with Crippen molar-refractivity contribution in [2.24, 2.45) is 14.1 Å². The number of amides is 1. The number of hydrogen-bond donors (Lipinski definition) is 1. The van der Waals surface area contributed by atoms with E-state index in [1.165, 1.54) is 40.9 Å². The zero-order valence-electron chi connectivity index (χ0n) is 12.8. The van der Waals surface area contributed by atoms with Crippen LogP contribution >= 0.6 is 11.3 Å². The fourth-order valence-corrected chi connectivity index (χ4v) is 3.09. The Morgan fingerprint density at radius 1 is 1.38 bits per heavy atom. The van der Waals surface area contributed by atoms with Crippen LogP contribution in [0.4, 0.5) is 5.00 Å². The summed E-state index contributed by atoms with van der Waals surface area (Å²) in [5, 5.41) is 13.7. The number of carbonyl (C=O) groups is 1. The van der Waals surface area contributed by atoms with E-state index < -0.39 is 17.2 Å². The molecule has 0 aliphatic carbocycles. The van der Waals surface area contributed by atoms with Gasteiger partial charge in [0.05, 0.1) is 11.9 Å². The molecule has 0 unspecified atom stereocenters. The summed E-state index contributed by atoms with van der Waals surface area (Å²) in [6.45, 7) is -0.160. The smallest absolute Gasteiger partial charge is 0.315 e. The van der Waals surface area contributed by atoms with Crippen LogP contribution in [-0.2, 0) is 25.4 Å². The molecular formula is C14H12N6O3S. The van der Waals surface area contributed by atoms with Gasteiger partial charge in [0, 0.05) is 14.1 Å². The van der Waals surface area contributed by atoms with Gasteiger partial charge in [0.1, 0.15) is 17.6 Å². The number of thiophene rings is 1. The third-order valence-corrected chi connectivity index (χ3v) is 4.40. The number of carbonyl (C=O) groups excluding carboxylic acids is 1. The van der Waals surface area contributed by atoms with Crippen molar-refractivity contribution in [3.63, 3.8) is 0 Å². The van der Waals surface area contributed by atoms with E-state index in [4.69, 9.17) is 5.26 Å². The van der Waals surface area contributed by atoms with Crippen LogP contribution in [0.1, 0.15) is 5.56 Å². The Bertz CT molecular complexity index is 1110. The zero-order chi connectivity index (χ0) is 17.4. The van der Waals surface area contributed by atoms with E-state index in [1.807, 2.05) is 6.07 Å². The Hall–Kier alpha value is -3.19. The Morgan fingerprint density at radius 2 is 2.12 bits per heavy atom. The summed E-state index contributed by atoms with van der Waals surface area (Å²) in [5.41, 5.74) is -0.250. The fraction of sp³-hybridized carbons (Fsp3) is 0.214. The highest BCUT2D eigenvalue weighted by atomic mass is 32.1. The highest BCUT2D eigenvalue weighted by Crippen LogP contribution is 2.22. The monoisotopic (exact) mass is 344 g/mol. The Morgan fingerprint density at radius 3 is 2.83 bits per heavy atom. The Balaban J connectivity index is 1.97. The molecule has 3 heterocycles. The first-order valence-corrected chi connectivity index (χ1v) is 7.70. The van der Waals surface area contributed by atoms with Gasteiger partial charge in [-0.05, 0) is 11.4 Å². The number of hydrogen-bond acceptors (Lipinski definition) is 6. The maximum Gasteiger partial charge on any atom is 0.332 e. The van der Waals surface area contributed by atoms with Crippen LogP contribution in [0, 0.1) is 11.3 Å². The molecule has 24 heavy (non-hydrogen) atoms. The molecule has 3 aromatic rings. The van der Waals surface area contributed by atoms with Gasteiger partial charge >= 0.3 is 5.69 Å². The molecule has 0 spiro atoms. The summed E-state index contributed by atoms with van der Waals surface area (Å²) >= 11 is 1.24. The second-order valence-corrected chi connectivity index (χ2v) is 5.99. The number of nitriles is 1. The van der Waals surface area contributed by atoms with Crippen molar-refractivity contribution in [1.82, 2.24) is 18.7 Å². The molecule has 0 aromatic carbocycles. The molecule has 0 fully saturated rings. The first-order chi connectivity index (χ1) is 11.4. The van der Waals surface area contributed by atoms with Crippen molar-refractivity contribution >= 4 is 33.4 Å². The van der Waals surface area contributed by atoms with Crippen molar-refractivity contribution in [2.75, 3.05) is 5.32 Å². The van der Waals surface area contributed by atoms with Crippen LogP contribution in [0.25, 0.3) is 11.2 Å². The van der Waals surface area contributed by atoms with Gasteiger partial charge in [-0.25, -0.2) is 9.78 Å². The molecule has 122 valence electrons. The average molecular weight is 344 g/mol. The van der Waals surface area contributed by atoms with Gasteiger partial charge < -0.3 is 9.88 Å². The summed E-state index contributed by atoms with van der Waals surface area (Å²) in [6.07, 6.45) is 1.34. The molecule has 9 nitrogen and oxygen atoms in total. The normalized spacial score (nSPS) is 10.7. The first kappa shape index (κ1) is 15.7. The minimum absolute atomic E-state index is 0.160. The highest BCUT2D eigenvalue weighted by molar-refractivity contribution is 7.14. The van der Waals surface area contributed by atoms with Gasteiger partial charge in [-0.3, -0.25) is 18.7 Å². The second kappa shape index (κ2) is 5.78. The number of anilines is 1.